The number of rotatable bonds is 4. The van der Waals surface area contributed by atoms with Gasteiger partial charge in [-0.2, -0.15) is 0 Å². The minimum Gasteiger partial charge on any atom is -0.348 e. The summed E-state index contributed by atoms with van der Waals surface area (Å²) >= 11 is 0. The quantitative estimate of drug-likeness (QED) is 0.911. The van der Waals surface area contributed by atoms with E-state index in [1.807, 2.05) is 0 Å². The van der Waals surface area contributed by atoms with Crippen molar-refractivity contribution < 1.29 is 13.2 Å². The number of hydrogen-bond acceptors (Lipinski definition) is 4. The Labute approximate surface area is 138 Å². The monoisotopic (exact) mass is 336 g/mol. The van der Waals surface area contributed by atoms with Crippen LogP contribution in [0.4, 0.5) is 0 Å². The normalized spacial score (nSPS) is 25.1. The van der Waals surface area contributed by atoms with Gasteiger partial charge in [0, 0.05) is 18.6 Å². The van der Waals surface area contributed by atoms with Gasteiger partial charge in [0.25, 0.3) is 5.91 Å². The van der Waals surface area contributed by atoms with E-state index in [2.05, 4.69) is 10.2 Å². The highest BCUT2D eigenvalue weighted by Crippen LogP contribution is 2.27. The number of piperidine rings is 1. The van der Waals surface area contributed by atoms with Gasteiger partial charge in [-0.3, -0.25) is 9.69 Å². The lowest BCUT2D eigenvalue weighted by Crippen LogP contribution is -2.47. The molecule has 2 atom stereocenters. The van der Waals surface area contributed by atoms with Gasteiger partial charge in [0.2, 0.25) is 0 Å². The lowest BCUT2D eigenvalue weighted by Gasteiger charge is -2.32. The van der Waals surface area contributed by atoms with Crippen LogP contribution in [0.1, 0.15) is 43.0 Å². The Hall–Kier alpha value is -1.40. The fourth-order valence-electron chi connectivity index (χ4n) is 3.74. The van der Waals surface area contributed by atoms with E-state index >= 15 is 0 Å². The molecular formula is C17H24N2O3S. The molecule has 2 aliphatic heterocycles. The van der Waals surface area contributed by atoms with Crippen LogP contribution >= 0.6 is 0 Å². The van der Waals surface area contributed by atoms with E-state index in [0.717, 1.165) is 25.9 Å². The summed E-state index contributed by atoms with van der Waals surface area (Å²) in [4.78, 5) is 15.2. The molecule has 3 rings (SSSR count). The van der Waals surface area contributed by atoms with E-state index < -0.39 is 9.84 Å². The van der Waals surface area contributed by atoms with Crippen molar-refractivity contribution in [3.05, 3.63) is 29.8 Å². The third-order valence-corrected chi connectivity index (χ3v) is 6.81. The molecule has 0 bridgehead atoms. The third kappa shape index (κ3) is 3.28. The molecule has 0 aliphatic carbocycles. The lowest BCUT2D eigenvalue weighted by molar-refractivity contribution is 0.0912. The van der Waals surface area contributed by atoms with Gasteiger partial charge in [-0.1, -0.05) is 25.5 Å². The Balaban J connectivity index is 1.79. The van der Waals surface area contributed by atoms with E-state index in [1.165, 1.54) is 18.9 Å². The number of amides is 1. The lowest BCUT2D eigenvalue weighted by atomic mass is 9.99. The summed E-state index contributed by atoms with van der Waals surface area (Å²) in [5.74, 6) is -0.271. The Kier molecular flexibility index (Phi) is 4.73. The zero-order chi connectivity index (χ0) is 16.4. The molecule has 126 valence electrons. The maximum Gasteiger partial charge on any atom is 0.252 e. The van der Waals surface area contributed by atoms with Gasteiger partial charge in [-0.25, -0.2) is 8.42 Å². The first-order valence-corrected chi connectivity index (χ1v) is 10.0. The number of hydrogen-bond donors (Lipinski definition) is 1. The maximum atomic E-state index is 12.7. The minimum atomic E-state index is -3.40. The average Bonchev–Trinajstić information content (AvgIpc) is 2.98. The van der Waals surface area contributed by atoms with Crippen LogP contribution in [0.15, 0.2) is 29.2 Å². The van der Waals surface area contributed by atoms with Gasteiger partial charge < -0.3 is 5.32 Å². The summed E-state index contributed by atoms with van der Waals surface area (Å²) in [6.45, 7) is 3.73. The number of sulfone groups is 1. The highest BCUT2D eigenvalue weighted by molar-refractivity contribution is 7.91. The van der Waals surface area contributed by atoms with Gasteiger partial charge in [0.15, 0.2) is 9.84 Å². The van der Waals surface area contributed by atoms with E-state index in [4.69, 9.17) is 0 Å². The second-order valence-electron chi connectivity index (χ2n) is 6.37. The number of carbonyl (C=O) groups excluding carboxylic acids is 1. The molecule has 2 aliphatic rings. The highest BCUT2D eigenvalue weighted by atomic mass is 32.2. The third-order valence-electron chi connectivity index (χ3n) is 5.02. The predicted octanol–water partition coefficient (Wildman–Crippen LogP) is 1.84. The van der Waals surface area contributed by atoms with Crippen molar-refractivity contribution in [2.24, 2.45) is 0 Å². The number of nitrogens with zero attached hydrogens (tertiary/aromatic N) is 1. The van der Waals surface area contributed by atoms with Crippen LogP contribution in [0.2, 0.25) is 0 Å². The van der Waals surface area contributed by atoms with Crippen molar-refractivity contribution >= 4 is 15.7 Å². The van der Waals surface area contributed by atoms with Gasteiger partial charge in [-0.15, -0.1) is 0 Å². The zero-order valence-electron chi connectivity index (χ0n) is 13.5. The SMILES string of the molecule is CCS(=O)(=O)c1ccccc1C(=O)N[C@H]1CCN2CCCC[C@H]12. The Morgan fingerprint density at radius 3 is 2.78 bits per heavy atom. The average molecular weight is 336 g/mol. The summed E-state index contributed by atoms with van der Waals surface area (Å²) in [5, 5.41) is 3.09. The Morgan fingerprint density at radius 1 is 1.22 bits per heavy atom. The number of fused-ring (bicyclic) bond motifs is 1. The predicted molar refractivity (Wildman–Crippen MR) is 89.3 cm³/mol. The molecule has 1 amide bonds. The van der Waals surface area contributed by atoms with E-state index in [0.29, 0.717) is 6.04 Å². The van der Waals surface area contributed by atoms with Crippen molar-refractivity contribution in [3.8, 4) is 0 Å². The van der Waals surface area contributed by atoms with Gasteiger partial charge in [-0.05, 0) is 37.9 Å². The summed E-state index contributed by atoms with van der Waals surface area (Å²) in [5.41, 5.74) is 0.267. The molecule has 0 unspecified atom stereocenters. The number of benzene rings is 1. The first kappa shape index (κ1) is 16.5. The zero-order valence-corrected chi connectivity index (χ0v) is 14.3. The van der Waals surface area contributed by atoms with Crippen LogP contribution in [-0.2, 0) is 9.84 Å². The fourth-order valence-corrected chi connectivity index (χ4v) is 4.84. The van der Waals surface area contributed by atoms with Gasteiger partial charge >= 0.3 is 0 Å². The Morgan fingerprint density at radius 2 is 2.00 bits per heavy atom. The molecule has 0 aromatic heterocycles. The smallest absolute Gasteiger partial charge is 0.252 e. The van der Waals surface area contributed by atoms with Crippen LogP contribution in [0.5, 0.6) is 0 Å². The molecule has 1 aromatic rings. The van der Waals surface area contributed by atoms with Crippen LogP contribution < -0.4 is 5.32 Å². The van der Waals surface area contributed by atoms with Crippen LogP contribution in [0.3, 0.4) is 0 Å². The van der Waals surface area contributed by atoms with E-state index in [1.54, 1.807) is 25.1 Å². The molecule has 2 heterocycles. The molecule has 23 heavy (non-hydrogen) atoms. The molecule has 5 nitrogen and oxygen atoms in total. The van der Waals surface area contributed by atoms with E-state index in [-0.39, 0.29) is 28.2 Å². The molecule has 2 saturated heterocycles. The van der Waals surface area contributed by atoms with Crippen molar-refractivity contribution in [2.75, 3.05) is 18.8 Å². The molecule has 1 N–H and O–H groups in total. The molecule has 2 fully saturated rings. The molecule has 0 radical (unpaired) electrons. The summed E-state index contributed by atoms with van der Waals surface area (Å²) in [6.07, 6.45) is 4.49. The van der Waals surface area contributed by atoms with Crippen LogP contribution in [0, 0.1) is 0 Å². The molecule has 0 spiro atoms. The summed E-state index contributed by atoms with van der Waals surface area (Å²) in [6, 6.07) is 7.03. The standard InChI is InChI=1S/C17H24N2O3S/c1-2-23(21,22)16-9-4-3-7-13(16)17(20)18-14-10-12-19-11-6-5-8-15(14)19/h3-4,7,9,14-15H,2,5-6,8,10-12H2,1H3,(H,18,20)/t14-,15+/m0/s1. The minimum absolute atomic E-state index is 0.00285. The van der Waals surface area contributed by atoms with Crippen molar-refractivity contribution in [3.63, 3.8) is 0 Å². The molecular weight excluding hydrogens is 312 g/mol. The van der Waals surface area contributed by atoms with Crippen LogP contribution in [0.25, 0.3) is 0 Å². The molecule has 6 heteroatoms. The fraction of sp³-hybridized carbons (Fsp3) is 0.588. The van der Waals surface area contributed by atoms with E-state index in [9.17, 15) is 13.2 Å². The van der Waals surface area contributed by atoms with Crippen molar-refractivity contribution in [1.29, 1.82) is 0 Å². The largest absolute Gasteiger partial charge is 0.348 e. The molecule has 1 aromatic carbocycles. The summed E-state index contributed by atoms with van der Waals surface area (Å²) in [7, 11) is -3.40. The van der Waals surface area contributed by atoms with Gasteiger partial charge in [0.1, 0.15) is 0 Å². The molecule has 0 saturated carbocycles. The topological polar surface area (TPSA) is 66.5 Å². The second-order valence-corrected chi connectivity index (χ2v) is 8.61. The first-order valence-electron chi connectivity index (χ1n) is 8.39. The second kappa shape index (κ2) is 6.61. The number of carbonyl (C=O) groups is 1. The first-order chi connectivity index (χ1) is 11.0. The van der Waals surface area contributed by atoms with Crippen molar-refractivity contribution in [1.82, 2.24) is 10.2 Å². The Bertz CT molecular complexity index is 687. The summed E-state index contributed by atoms with van der Waals surface area (Å²) < 4.78 is 24.4. The van der Waals surface area contributed by atoms with Crippen LogP contribution in [-0.4, -0.2) is 50.2 Å². The highest BCUT2D eigenvalue weighted by Gasteiger charge is 2.36. The number of nitrogens with one attached hydrogen (secondary N) is 1. The van der Waals surface area contributed by atoms with Crippen molar-refractivity contribution in [2.45, 2.75) is 49.6 Å². The van der Waals surface area contributed by atoms with Gasteiger partial charge in [0.05, 0.1) is 16.2 Å². The maximum absolute atomic E-state index is 12.7.